The summed E-state index contributed by atoms with van der Waals surface area (Å²) in [4.78, 5) is 12.9. The summed E-state index contributed by atoms with van der Waals surface area (Å²) < 4.78 is 7.34. The number of benzene rings is 1. The Morgan fingerprint density at radius 2 is 1.90 bits per heavy atom. The molecule has 0 saturated heterocycles. The number of ether oxygens (including phenoxy) is 1. The second kappa shape index (κ2) is 6.12. The quantitative estimate of drug-likeness (QED) is 0.791. The van der Waals surface area contributed by atoms with E-state index in [4.69, 9.17) is 4.74 Å². The monoisotopic (exact) mass is 286 g/mol. The Hall–Kier alpha value is -2.10. The van der Waals surface area contributed by atoms with E-state index in [1.54, 1.807) is 10.9 Å². The van der Waals surface area contributed by atoms with Gasteiger partial charge in [0.25, 0.3) is 0 Å². The minimum absolute atomic E-state index is 0.0255. The Morgan fingerprint density at radius 1 is 1.19 bits per heavy atom. The van der Waals surface area contributed by atoms with Gasteiger partial charge in [0.05, 0.1) is 12.8 Å². The first-order valence-corrected chi connectivity index (χ1v) is 7.30. The molecule has 1 aromatic carbocycles. The molecule has 21 heavy (non-hydrogen) atoms. The average molecular weight is 286 g/mol. The molecule has 0 spiro atoms. The molecule has 0 unspecified atom stereocenters. The van der Waals surface area contributed by atoms with Crippen LogP contribution in [0.3, 0.4) is 0 Å². The molecule has 2 rings (SSSR count). The fourth-order valence-electron chi connectivity index (χ4n) is 2.46. The van der Waals surface area contributed by atoms with Gasteiger partial charge >= 0.3 is 0 Å². The van der Waals surface area contributed by atoms with E-state index < -0.39 is 0 Å². The Labute approximate surface area is 125 Å². The van der Waals surface area contributed by atoms with Crippen LogP contribution in [0.15, 0.2) is 18.3 Å². The van der Waals surface area contributed by atoms with Crippen molar-refractivity contribution in [2.24, 2.45) is 0 Å². The second-order valence-electron chi connectivity index (χ2n) is 5.20. The lowest BCUT2D eigenvalue weighted by Crippen LogP contribution is -2.09. The average Bonchev–Trinajstić information content (AvgIpc) is 2.85. The van der Waals surface area contributed by atoms with E-state index in [1.807, 2.05) is 40.7 Å². The highest BCUT2D eigenvalue weighted by Gasteiger charge is 2.21. The number of hydrogen-bond donors (Lipinski definition) is 0. The normalized spacial score (nSPS) is 10.7. The summed E-state index contributed by atoms with van der Waals surface area (Å²) in [6, 6.07) is 4.02. The van der Waals surface area contributed by atoms with Crippen molar-refractivity contribution in [2.75, 3.05) is 6.61 Å². The van der Waals surface area contributed by atoms with Gasteiger partial charge in [0.15, 0.2) is 5.78 Å². The molecule has 0 aliphatic carbocycles. The second-order valence-corrected chi connectivity index (χ2v) is 5.20. The van der Waals surface area contributed by atoms with Crippen LogP contribution in [0.2, 0.25) is 0 Å². The molecule has 0 N–H and O–H groups in total. The van der Waals surface area contributed by atoms with Crippen LogP contribution in [0.5, 0.6) is 5.88 Å². The fraction of sp³-hybridized carbons (Fsp3) is 0.412. The molecule has 4 heteroatoms. The molecule has 0 bridgehead atoms. The van der Waals surface area contributed by atoms with Crippen molar-refractivity contribution >= 4 is 5.78 Å². The zero-order valence-electron chi connectivity index (χ0n) is 13.4. The third-order valence-corrected chi connectivity index (χ3v) is 3.67. The van der Waals surface area contributed by atoms with Gasteiger partial charge in [-0.3, -0.25) is 4.79 Å². The Balaban J connectivity index is 2.53. The van der Waals surface area contributed by atoms with Crippen LogP contribution < -0.4 is 4.74 Å². The molecule has 0 fully saturated rings. The topological polar surface area (TPSA) is 44.1 Å². The van der Waals surface area contributed by atoms with E-state index in [0.29, 0.717) is 24.6 Å². The Kier molecular flexibility index (Phi) is 4.46. The van der Waals surface area contributed by atoms with Gasteiger partial charge in [-0.2, -0.15) is 5.10 Å². The van der Waals surface area contributed by atoms with Crippen molar-refractivity contribution in [1.29, 1.82) is 0 Å². The fourth-order valence-corrected chi connectivity index (χ4v) is 2.46. The highest BCUT2D eigenvalue weighted by Crippen LogP contribution is 2.25. The molecule has 112 valence electrons. The van der Waals surface area contributed by atoms with Crippen molar-refractivity contribution in [1.82, 2.24) is 9.78 Å². The van der Waals surface area contributed by atoms with Gasteiger partial charge in [0.1, 0.15) is 5.56 Å². The van der Waals surface area contributed by atoms with Crippen LogP contribution in [-0.2, 0) is 6.54 Å². The minimum Gasteiger partial charge on any atom is -0.478 e. The van der Waals surface area contributed by atoms with Crippen molar-refractivity contribution in [3.8, 4) is 5.88 Å². The zero-order chi connectivity index (χ0) is 15.6. The summed E-state index contributed by atoms with van der Waals surface area (Å²) in [6.45, 7) is 11.1. The predicted octanol–water partition coefficient (Wildman–Crippen LogP) is 3.46. The summed E-state index contributed by atoms with van der Waals surface area (Å²) in [6.07, 6.45) is 1.61. The zero-order valence-corrected chi connectivity index (χ0v) is 13.4. The number of hydrogen-bond acceptors (Lipinski definition) is 3. The Bertz CT molecular complexity index is 672. The lowest BCUT2D eigenvalue weighted by molar-refractivity contribution is 0.103. The van der Waals surface area contributed by atoms with Crippen LogP contribution >= 0.6 is 0 Å². The maximum atomic E-state index is 12.9. The predicted molar refractivity (Wildman–Crippen MR) is 83.2 cm³/mol. The molecule has 0 radical (unpaired) electrons. The smallest absolute Gasteiger partial charge is 0.223 e. The van der Waals surface area contributed by atoms with Crippen molar-refractivity contribution < 1.29 is 9.53 Å². The lowest BCUT2D eigenvalue weighted by Gasteiger charge is -2.11. The van der Waals surface area contributed by atoms with Crippen molar-refractivity contribution in [3.05, 3.63) is 46.1 Å². The maximum absolute atomic E-state index is 12.9. The molecule has 0 amide bonds. The molecular weight excluding hydrogens is 264 g/mol. The number of carbonyl (C=O) groups excluding carboxylic acids is 1. The van der Waals surface area contributed by atoms with E-state index in [9.17, 15) is 4.79 Å². The van der Waals surface area contributed by atoms with Crippen LogP contribution in [0.25, 0.3) is 0 Å². The molecule has 0 aliphatic rings. The van der Waals surface area contributed by atoms with Gasteiger partial charge in [0, 0.05) is 12.1 Å². The van der Waals surface area contributed by atoms with E-state index in [0.717, 1.165) is 22.3 Å². The molecule has 1 heterocycles. The van der Waals surface area contributed by atoms with E-state index in [2.05, 4.69) is 11.2 Å². The number of aryl methyl sites for hydroxylation is 3. The molecular formula is C17H22N2O2. The van der Waals surface area contributed by atoms with Gasteiger partial charge in [-0.15, -0.1) is 0 Å². The Morgan fingerprint density at radius 3 is 2.52 bits per heavy atom. The highest BCUT2D eigenvalue weighted by atomic mass is 16.5. The van der Waals surface area contributed by atoms with E-state index in [1.165, 1.54) is 0 Å². The van der Waals surface area contributed by atoms with Gasteiger partial charge in [-0.25, -0.2) is 4.68 Å². The van der Waals surface area contributed by atoms with Crippen LogP contribution in [0.1, 0.15) is 46.5 Å². The number of aromatic nitrogens is 2. The molecule has 4 nitrogen and oxygen atoms in total. The molecule has 0 saturated carbocycles. The molecule has 0 atom stereocenters. The van der Waals surface area contributed by atoms with Crippen LogP contribution in [0, 0.1) is 20.8 Å². The van der Waals surface area contributed by atoms with Gasteiger partial charge in [0.2, 0.25) is 5.88 Å². The molecule has 1 aromatic heterocycles. The SMILES string of the molecule is CCOc1c(C(=O)c2cc(C)cc(C)c2C)cnn1CC. The highest BCUT2D eigenvalue weighted by molar-refractivity contribution is 6.11. The third-order valence-electron chi connectivity index (χ3n) is 3.67. The van der Waals surface area contributed by atoms with Gasteiger partial charge in [-0.05, 0) is 51.8 Å². The molecule has 0 aliphatic heterocycles. The number of carbonyl (C=O) groups is 1. The first kappa shape index (κ1) is 15.3. The first-order valence-electron chi connectivity index (χ1n) is 7.30. The number of nitrogens with zero attached hydrogens (tertiary/aromatic N) is 2. The van der Waals surface area contributed by atoms with E-state index >= 15 is 0 Å². The number of ketones is 1. The summed E-state index contributed by atoms with van der Waals surface area (Å²) in [5.74, 6) is 0.533. The summed E-state index contributed by atoms with van der Waals surface area (Å²) in [5, 5.41) is 4.25. The largest absolute Gasteiger partial charge is 0.478 e. The standard InChI is InChI=1S/C17H22N2O2/c1-6-19-17(21-7-2)15(10-18-19)16(20)14-9-11(3)8-12(4)13(14)5/h8-10H,6-7H2,1-5H3. The van der Waals surface area contributed by atoms with Gasteiger partial charge in [-0.1, -0.05) is 11.6 Å². The van der Waals surface area contributed by atoms with Gasteiger partial charge < -0.3 is 4.74 Å². The van der Waals surface area contributed by atoms with E-state index in [-0.39, 0.29) is 5.78 Å². The molecule has 2 aromatic rings. The summed E-state index contributed by atoms with van der Waals surface area (Å²) in [7, 11) is 0. The van der Waals surface area contributed by atoms with Crippen molar-refractivity contribution in [3.63, 3.8) is 0 Å². The van der Waals surface area contributed by atoms with Crippen LogP contribution in [-0.4, -0.2) is 22.2 Å². The van der Waals surface area contributed by atoms with Crippen molar-refractivity contribution in [2.45, 2.75) is 41.2 Å². The lowest BCUT2D eigenvalue weighted by atomic mass is 9.95. The summed E-state index contributed by atoms with van der Waals surface area (Å²) in [5.41, 5.74) is 4.48. The number of rotatable bonds is 5. The minimum atomic E-state index is -0.0255. The van der Waals surface area contributed by atoms with Crippen LogP contribution in [0.4, 0.5) is 0 Å². The maximum Gasteiger partial charge on any atom is 0.223 e. The summed E-state index contributed by atoms with van der Waals surface area (Å²) >= 11 is 0. The third kappa shape index (κ3) is 2.84. The first-order chi connectivity index (χ1) is 9.99.